The molecule has 5 aliphatic rings. The number of ether oxygens (including phenoxy) is 8. The van der Waals surface area contributed by atoms with Crippen LogP contribution >= 0.6 is 8.53 Å². The summed E-state index contributed by atoms with van der Waals surface area (Å²) >= 11 is 0. The van der Waals surface area contributed by atoms with E-state index in [4.69, 9.17) is 46.9 Å². The first-order valence-electron chi connectivity index (χ1n) is 21.4. The fourth-order valence-electron chi connectivity index (χ4n) is 10.6. The Balaban J connectivity index is 0.964. The maximum Gasteiger partial charge on any atom is 0.259 e. The molecule has 9 rings (SSSR count). The number of benzene rings is 3. The van der Waals surface area contributed by atoms with Crippen molar-refractivity contribution in [1.82, 2.24) is 19.7 Å². The Morgan fingerprint density at radius 3 is 2.11 bits per heavy atom. The summed E-state index contributed by atoms with van der Waals surface area (Å²) in [7, 11) is 5.73. The molecular weight excluding hydrogens is 798 g/mol. The van der Waals surface area contributed by atoms with Crippen LogP contribution in [0.5, 0.6) is 11.5 Å². The molecule has 6 unspecified atom stereocenters. The molecule has 14 nitrogen and oxygen atoms in total. The largest absolute Gasteiger partial charge is 0.497 e. The predicted octanol–water partition coefficient (Wildman–Crippen LogP) is 5.39. The van der Waals surface area contributed by atoms with E-state index < -0.39 is 30.9 Å². The summed E-state index contributed by atoms with van der Waals surface area (Å²) in [6, 6.07) is 26.7. The van der Waals surface area contributed by atoms with E-state index in [2.05, 4.69) is 79.1 Å². The highest BCUT2D eigenvalue weighted by atomic mass is 31.2. The van der Waals surface area contributed by atoms with Crippen molar-refractivity contribution in [3.05, 3.63) is 107 Å². The van der Waals surface area contributed by atoms with Gasteiger partial charge < -0.3 is 46.9 Å². The highest BCUT2D eigenvalue weighted by molar-refractivity contribution is 7.44. The van der Waals surface area contributed by atoms with Crippen LogP contribution in [0, 0.1) is 0 Å². The molecule has 1 aliphatic carbocycles. The van der Waals surface area contributed by atoms with E-state index in [1.165, 1.54) is 0 Å². The summed E-state index contributed by atoms with van der Waals surface area (Å²) in [6.07, 6.45) is 1.45. The minimum Gasteiger partial charge on any atom is -0.497 e. The molecule has 0 amide bonds. The molecule has 1 saturated carbocycles. The molecule has 61 heavy (non-hydrogen) atoms. The summed E-state index contributed by atoms with van der Waals surface area (Å²) in [5.74, 6) is 1.51. The Kier molecular flexibility index (Phi) is 11.6. The zero-order valence-corrected chi connectivity index (χ0v) is 37.5. The van der Waals surface area contributed by atoms with Crippen molar-refractivity contribution in [3.8, 4) is 11.5 Å². The molecular formula is C45H58BN4O10P. The Labute approximate surface area is 360 Å². The van der Waals surface area contributed by atoms with Crippen molar-refractivity contribution in [3.63, 3.8) is 0 Å². The SMILES string of the molecule is B[C@@H]1O[C@@]2(COC(c3ccccc3)(c3ccc(OC)cc3)c3ccc(OC)cc3)CC3OC1C32OCc1cn(C[C@]23COC(C2OP(OC)N(C(C)C)C(C)C)[C@H](C)O3)nn1. The van der Waals surface area contributed by atoms with Crippen molar-refractivity contribution in [2.75, 3.05) is 34.5 Å². The number of hydrogen-bond donors (Lipinski definition) is 0. The molecule has 4 aromatic rings. The van der Waals surface area contributed by atoms with Gasteiger partial charge in [0.2, 0.25) is 0 Å². The van der Waals surface area contributed by atoms with Gasteiger partial charge in [0.1, 0.15) is 60.2 Å². The van der Waals surface area contributed by atoms with E-state index in [1.54, 1.807) is 21.3 Å². The van der Waals surface area contributed by atoms with Gasteiger partial charge in [-0.15, -0.1) is 5.10 Å². The summed E-state index contributed by atoms with van der Waals surface area (Å²) in [5, 5.41) is 9.13. The minimum absolute atomic E-state index is 0.140. The van der Waals surface area contributed by atoms with Crippen LogP contribution < -0.4 is 9.47 Å². The summed E-state index contributed by atoms with van der Waals surface area (Å²) in [5.41, 5.74) is 0.263. The Morgan fingerprint density at radius 2 is 1.54 bits per heavy atom. The van der Waals surface area contributed by atoms with Crippen molar-refractivity contribution in [2.24, 2.45) is 0 Å². The maximum absolute atomic E-state index is 7.42. The molecule has 5 fully saturated rings. The standard InChI is InChI=1S/C45H58BN4O10P/c1-28(2)50(29(3)4)61(53-8)60-39-38-30(5)58-42(39,26-54-38)25-49-23-34(47-48-49)24-55-45-37-22-43(45,59-41(46)40(45)57-37)27-56-44(31-12-10-9-11-13-31,32-14-18-35(51-6)19-15-32)33-16-20-36(52-7)21-17-33/h9-21,23,28-30,37-41H,22,24-27,46H2,1-8H3/t30-,37?,38?,39?,40?,41+,42-,43+,45?,61?/m0/s1. The molecule has 10 atom stereocenters. The number of aromatic nitrogens is 3. The van der Waals surface area contributed by atoms with Crippen LogP contribution in [0.15, 0.2) is 85.1 Å². The van der Waals surface area contributed by atoms with Crippen LogP contribution in [0.1, 0.15) is 63.4 Å². The van der Waals surface area contributed by atoms with Gasteiger partial charge in [-0.3, -0.25) is 0 Å². The zero-order chi connectivity index (χ0) is 42.7. The Morgan fingerprint density at radius 1 is 0.902 bits per heavy atom. The molecule has 1 aromatic heterocycles. The van der Waals surface area contributed by atoms with Crippen molar-refractivity contribution < 1.29 is 46.9 Å². The third-order valence-corrected chi connectivity index (χ3v) is 15.3. The van der Waals surface area contributed by atoms with Gasteiger partial charge in [-0.1, -0.05) is 59.8 Å². The lowest BCUT2D eigenvalue weighted by atomic mass is 9.56. The molecule has 2 bridgehead atoms. The van der Waals surface area contributed by atoms with Crippen LogP contribution in [-0.2, 0) is 56.2 Å². The summed E-state index contributed by atoms with van der Waals surface area (Å²) in [4.78, 5) is 0. The van der Waals surface area contributed by atoms with E-state index >= 15 is 0 Å². The Hall–Kier alpha value is -3.47. The van der Waals surface area contributed by atoms with Crippen molar-refractivity contribution >= 4 is 16.4 Å². The average Bonchev–Trinajstić information content (AvgIpc) is 3.91. The van der Waals surface area contributed by atoms with Gasteiger partial charge in [-0.05, 0) is 75.6 Å². The first kappa shape index (κ1) is 42.8. The van der Waals surface area contributed by atoms with E-state index in [1.807, 2.05) is 68.1 Å². The first-order chi connectivity index (χ1) is 29.4. The number of hydrogen-bond acceptors (Lipinski definition) is 13. The lowest BCUT2D eigenvalue weighted by Crippen LogP contribution is -2.84. The second-order valence-electron chi connectivity index (χ2n) is 17.5. The van der Waals surface area contributed by atoms with Crippen LogP contribution in [0.25, 0.3) is 0 Å². The lowest BCUT2D eigenvalue weighted by molar-refractivity contribution is -0.395. The smallest absolute Gasteiger partial charge is 0.259 e. The molecule has 16 heteroatoms. The topological polar surface area (TPSA) is 126 Å². The average molecular weight is 857 g/mol. The van der Waals surface area contributed by atoms with Gasteiger partial charge in [-0.2, -0.15) is 0 Å². The third-order valence-electron chi connectivity index (χ3n) is 13.3. The molecule has 0 spiro atoms. The first-order valence-corrected chi connectivity index (χ1v) is 22.5. The number of rotatable bonds is 19. The number of methoxy groups -OCH3 is 2. The molecule has 4 aliphatic heterocycles. The summed E-state index contributed by atoms with van der Waals surface area (Å²) < 4.78 is 68.6. The van der Waals surface area contributed by atoms with Crippen molar-refractivity contribution in [1.29, 1.82) is 0 Å². The van der Waals surface area contributed by atoms with E-state index in [0.717, 1.165) is 28.2 Å². The highest BCUT2D eigenvalue weighted by Crippen LogP contribution is 2.66. The van der Waals surface area contributed by atoms with Gasteiger partial charge in [0, 0.05) is 25.6 Å². The molecule has 5 heterocycles. The monoisotopic (exact) mass is 856 g/mol. The summed E-state index contributed by atoms with van der Waals surface area (Å²) in [6.45, 7) is 11.9. The van der Waals surface area contributed by atoms with Crippen molar-refractivity contribution in [2.45, 2.75) is 125 Å². The normalized spacial score (nSPS) is 31.7. The molecule has 3 aromatic carbocycles. The van der Waals surface area contributed by atoms with Gasteiger partial charge in [0.15, 0.2) is 5.60 Å². The van der Waals surface area contributed by atoms with E-state index in [-0.39, 0.29) is 61.8 Å². The van der Waals surface area contributed by atoms with Gasteiger partial charge in [0.05, 0.1) is 65.0 Å². The zero-order valence-electron chi connectivity index (χ0n) is 36.6. The van der Waals surface area contributed by atoms with Crippen LogP contribution in [-0.4, -0.2) is 127 Å². The van der Waals surface area contributed by atoms with Crippen LogP contribution in [0.2, 0.25) is 0 Å². The van der Waals surface area contributed by atoms with E-state index in [9.17, 15) is 0 Å². The predicted molar refractivity (Wildman–Crippen MR) is 229 cm³/mol. The van der Waals surface area contributed by atoms with Gasteiger partial charge in [0.25, 0.3) is 8.53 Å². The van der Waals surface area contributed by atoms with Gasteiger partial charge >= 0.3 is 0 Å². The van der Waals surface area contributed by atoms with E-state index in [0.29, 0.717) is 25.3 Å². The minimum atomic E-state index is -1.36. The Bertz CT molecular complexity index is 2080. The molecule has 0 N–H and O–H groups in total. The maximum atomic E-state index is 7.42. The highest BCUT2D eigenvalue weighted by Gasteiger charge is 2.84. The number of fused-ring (bicyclic) bond motifs is 2. The number of nitrogens with zero attached hydrogens (tertiary/aromatic N) is 4. The van der Waals surface area contributed by atoms with Crippen LogP contribution in [0.3, 0.4) is 0 Å². The van der Waals surface area contributed by atoms with Crippen LogP contribution in [0.4, 0.5) is 0 Å². The second-order valence-corrected chi connectivity index (χ2v) is 19.0. The lowest BCUT2D eigenvalue weighted by Gasteiger charge is -2.66. The second kappa shape index (κ2) is 16.6. The molecule has 0 radical (unpaired) electrons. The quantitative estimate of drug-likeness (QED) is 0.0681. The fourth-order valence-corrected chi connectivity index (χ4v) is 12.2. The van der Waals surface area contributed by atoms with Gasteiger partial charge in [-0.25, -0.2) is 9.35 Å². The fraction of sp³-hybridized carbons (Fsp3) is 0.556. The molecule has 326 valence electrons. The third kappa shape index (κ3) is 6.95. The molecule has 4 saturated heterocycles.